The van der Waals surface area contributed by atoms with Crippen LogP contribution in [0.5, 0.6) is 0 Å². The number of nitrogens with one attached hydrogen (secondary N) is 1. The largest absolute Gasteiger partial charge is 0.395 e. The fourth-order valence-electron chi connectivity index (χ4n) is 2.67. The van der Waals surface area contributed by atoms with Crippen LogP contribution in [0.25, 0.3) is 11.0 Å². The molecule has 0 spiro atoms. The summed E-state index contributed by atoms with van der Waals surface area (Å²) in [4.78, 5) is 13.2. The second-order valence-electron chi connectivity index (χ2n) is 5.30. The van der Waals surface area contributed by atoms with Crippen molar-refractivity contribution in [3.63, 3.8) is 0 Å². The highest BCUT2D eigenvalue weighted by Crippen LogP contribution is 2.29. The molecule has 114 valence electrons. The summed E-state index contributed by atoms with van der Waals surface area (Å²) in [6.07, 6.45) is 1.53. The van der Waals surface area contributed by atoms with Gasteiger partial charge in [0, 0.05) is 17.9 Å². The van der Waals surface area contributed by atoms with Gasteiger partial charge < -0.3 is 15.0 Å². The normalized spacial score (nSPS) is 11.1. The van der Waals surface area contributed by atoms with Gasteiger partial charge in [0.15, 0.2) is 0 Å². The molecule has 3 rings (SSSR count). The first-order valence-corrected chi connectivity index (χ1v) is 7.23. The minimum absolute atomic E-state index is 0.0796. The number of pyridine rings is 1. The molecule has 0 aromatic carbocycles. The molecule has 6 heteroatoms. The summed E-state index contributed by atoms with van der Waals surface area (Å²) in [7, 11) is 0. The second-order valence-corrected chi connectivity index (χ2v) is 5.30. The Labute approximate surface area is 128 Å². The van der Waals surface area contributed by atoms with Gasteiger partial charge in [-0.1, -0.05) is 6.07 Å². The lowest BCUT2D eigenvalue weighted by molar-refractivity contribution is 0.276. The number of anilines is 2. The first-order valence-electron chi connectivity index (χ1n) is 7.23. The Morgan fingerprint density at radius 3 is 2.73 bits per heavy atom. The Balaban J connectivity index is 2.13. The van der Waals surface area contributed by atoms with Gasteiger partial charge in [0.25, 0.3) is 0 Å². The zero-order chi connectivity index (χ0) is 15.7. The molecular weight excluding hydrogens is 278 g/mol. The third kappa shape index (κ3) is 2.42. The van der Waals surface area contributed by atoms with E-state index in [0.29, 0.717) is 6.54 Å². The van der Waals surface area contributed by atoms with Gasteiger partial charge in [-0.3, -0.25) is 0 Å². The number of aliphatic hydroxyl groups is 1. The molecule has 0 aliphatic carbocycles. The van der Waals surface area contributed by atoms with Gasteiger partial charge in [-0.2, -0.15) is 0 Å². The average Bonchev–Trinajstić information content (AvgIpc) is 2.74. The molecule has 0 radical (unpaired) electrons. The molecule has 0 aliphatic rings. The van der Waals surface area contributed by atoms with E-state index in [-0.39, 0.29) is 6.61 Å². The van der Waals surface area contributed by atoms with E-state index < -0.39 is 0 Å². The maximum absolute atomic E-state index is 9.26. The highest BCUT2D eigenvalue weighted by atomic mass is 16.3. The highest BCUT2D eigenvalue weighted by Gasteiger charge is 2.16. The predicted molar refractivity (Wildman–Crippen MR) is 86.3 cm³/mol. The molecule has 22 heavy (non-hydrogen) atoms. The molecule has 3 aromatic rings. The van der Waals surface area contributed by atoms with Gasteiger partial charge >= 0.3 is 0 Å². The van der Waals surface area contributed by atoms with Crippen LogP contribution in [0, 0.1) is 20.8 Å². The van der Waals surface area contributed by atoms with Gasteiger partial charge in [-0.15, -0.1) is 0 Å². The number of nitrogens with zero attached hydrogens (tertiary/aromatic N) is 4. The van der Waals surface area contributed by atoms with E-state index in [1.165, 1.54) is 6.33 Å². The number of hydrogen-bond acceptors (Lipinski definition) is 5. The van der Waals surface area contributed by atoms with Crippen LogP contribution in [-0.2, 0) is 6.54 Å². The van der Waals surface area contributed by atoms with E-state index in [0.717, 1.165) is 39.6 Å². The van der Waals surface area contributed by atoms with Crippen LogP contribution in [-0.4, -0.2) is 31.2 Å². The van der Waals surface area contributed by atoms with E-state index in [1.54, 1.807) is 0 Å². The van der Waals surface area contributed by atoms with Crippen molar-refractivity contribution in [2.45, 2.75) is 27.3 Å². The summed E-state index contributed by atoms with van der Waals surface area (Å²) in [5.74, 6) is 1.49. The van der Waals surface area contributed by atoms with E-state index in [4.69, 9.17) is 0 Å². The van der Waals surface area contributed by atoms with Crippen molar-refractivity contribution in [2.75, 3.05) is 11.9 Å². The molecule has 0 fully saturated rings. The lowest BCUT2D eigenvalue weighted by atomic mass is 10.2. The number of hydrogen-bond donors (Lipinski definition) is 2. The number of aromatic nitrogens is 4. The predicted octanol–water partition coefficient (Wildman–Crippen LogP) is 2.49. The van der Waals surface area contributed by atoms with Crippen molar-refractivity contribution < 1.29 is 5.11 Å². The van der Waals surface area contributed by atoms with E-state index in [1.807, 2.05) is 43.5 Å². The monoisotopic (exact) mass is 297 g/mol. The van der Waals surface area contributed by atoms with Crippen LogP contribution in [0.3, 0.4) is 0 Å². The third-order valence-corrected chi connectivity index (χ3v) is 3.86. The van der Waals surface area contributed by atoms with Crippen molar-refractivity contribution in [1.82, 2.24) is 19.5 Å². The van der Waals surface area contributed by atoms with E-state index >= 15 is 0 Å². The van der Waals surface area contributed by atoms with Crippen LogP contribution in [0.4, 0.5) is 11.6 Å². The zero-order valence-corrected chi connectivity index (χ0v) is 13.0. The Kier molecular flexibility index (Phi) is 3.77. The summed E-state index contributed by atoms with van der Waals surface area (Å²) in [6.45, 7) is 6.63. The standard InChI is InChI=1S/C16H19N5O/c1-10-5-4-6-13(19-10)20-15-14-11(2)12(3)21(7-8-22)16(14)18-9-17-15/h4-6,9,22H,7-8H2,1-3H3,(H,17,18,19,20). The van der Waals surface area contributed by atoms with Gasteiger partial charge in [-0.25, -0.2) is 15.0 Å². The number of aliphatic hydroxyl groups excluding tert-OH is 1. The smallest absolute Gasteiger partial charge is 0.146 e. The van der Waals surface area contributed by atoms with Gasteiger partial charge in [0.1, 0.15) is 23.6 Å². The Bertz CT molecular complexity index is 825. The topological polar surface area (TPSA) is 75.9 Å². The minimum atomic E-state index is 0.0796. The quantitative estimate of drug-likeness (QED) is 0.773. The van der Waals surface area contributed by atoms with Crippen molar-refractivity contribution >= 4 is 22.7 Å². The van der Waals surface area contributed by atoms with Crippen molar-refractivity contribution in [2.24, 2.45) is 0 Å². The average molecular weight is 297 g/mol. The molecular formula is C16H19N5O. The van der Waals surface area contributed by atoms with Crippen LogP contribution in [0.1, 0.15) is 17.0 Å². The first-order chi connectivity index (χ1) is 10.6. The summed E-state index contributed by atoms with van der Waals surface area (Å²) in [5, 5.41) is 13.5. The summed E-state index contributed by atoms with van der Waals surface area (Å²) in [6, 6.07) is 5.82. The summed E-state index contributed by atoms with van der Waals surface area (Å²) in [5.41, 5.74) is 3.97. The maximum Gasteiger partial charge on any atom is 0.146 e. The molecule has 0 saturated heterocycles. The number of fused-ring (bicyclic) bond motifs is 1. The molecule has 6 nitrogen and oxygen atoms in total. The molecule has 0 bridgehead atoms. The summed E-state index contributed by atoms with van der Waals surface area (Å²) < 4.78 is 2.02. The molecule has 0 saturated carbocycles. The van der Waals surface area contributed by atoms with Crippen molar-refractivity contribution in [3.05, 3.63) is 41.5 Å². The Morgan fingerprint density at radius 2 is 2.00 bits per heavy atom. The van der Waals surface area contributed by atoms with Crippen molar-refractivity contribution in [1.29, 1.82) is 0 Å². The third-order valence-electron chi connectivity index (χ3n) is 3.86. The van der Waals surface area contributed by atoms with Gasteiger partial charge in [-0.05, 0) is 38.5 Å². The van der Waals surface area contributed by atoms with E-state index in [2.05, 4.69) is 20.3 Å². The number of rotatable bonds is 4. The molecule has 0 aliphatic heterocycles. The Hall–Kier alpha value is -2.47. The highest BCUT2D eigenvalue weighted by molar-refractivity contribution is 5.93. The zero-order valence-electron chi connectivity index (χ0n) is 13.0. The number of aryl methyl sites for hydroxylation is 2. The first kappa shape index (κ1) is 14.5. The van der Waals surface area contributed by atoms with E-state index in [9.17, 15) is 5.11 Å². The maximum atomic E-state index is 9.26. The second kappa shape index (κ2) is 5.73. The molecule has 2 N–H and O–H groups in total. The van der Waals surface area contributed by atoms with Crippen LogP contribution in [0.15, 0.2) is 24.5 Å². The van der Waals surface area contributed by atoms with Crippen LogP contribution >= 0.6 is 0 Å². The molecule has 3 heterocycles. The van der Waals surface area contributed by atoms with Crippen LogP contribution < -0.4 is 5.32 Å². The Morgan fingerprint density at radius 1 is 1.18 bits per heavy atom. The lowest BCUT2D eigenvalue weighted by Gasteiger charge is -2.07. The molecule has 0 atom stereocenters. The summed E-state index contributed by atoms with van der Waals surface area (Å²) >= 11 is 0. The van der Waals surface area contributed by atoms with Gasteiger partial charge in [0.2, 0.25) is 0 Å². The molecule has 3 aromatic heterocycles. The molecule has 0 amide bonds. The van der Waals surface area contributed by atoms with Gasteiger partial charge in [0.05, 0.1) is 12.0 Å². The van der Waals surface area contributed by atoms with Crippen LogP contribution in [0.2, 0.25) is 0 Å². The lowest BCUT2D eigenvalue weighted by Crippen LogP contribution is -2.05. The fraction of sp³-hybridized carbons (Fsp3) is 0.312. The SMILES string of the molecule is Cc1cccc(Nc2ncnc3c2c(C)c(C)n3CCO)n1. The minimum Gasteiger partial charge on any atom is -0.395 e. The van der Waals surface area contributed by atoms with Crippen molar-refractivity contribution in [3.8, 4) is 0 Å². The fourth-order valence-corrected chi connectivity index (χ4v) is 2.67. The molecule has 0 unspecified atom stereocenters.